The molecule has 7 nitrogen and oxygen atoms in total. The fourth-order valence-corrected chi connectivity index (χ4v) is 8.11. The number of nitrogens with one attached hydrogen (secondary N) is 1. The molecule has 0 radical (unpaired) electrons. The van der Waals surface area contributed by atoms with Crippen molar-refractivity contribution in [3.63, 3.8) is 0 Å². The maximum absolute atomic E-state index is 13.9. The average Bonchev–Trinajstić information content (AvgIpc) is 3.41. The molecule has 194 valence electrons. The number of Topliss-reactive ketones (excluding diaryl/α,β-unsaturated/α-hetero) is 1. The van der Waals surface area contributed by atoms with Gasteiger partial charge >= 0.3 is 0 Å². The Bertz CT molecular complexity index is 1550. The SMILES string of the molecule is COc1ccc(Cn2c3c(c4cc(C(=O)NC5CCS(=O)(=O)C5)ccc42)C2(CC2)CC(C)(C)C3=O)cc1. The number of methoxy groups -OCH3 is 1. The highest BCUT2D eigenvalue weighted by atomic mass is 32.2. The van der Waals surface area contributed by atoms with Crippen LogP contribution in [-0.2, 0) is 21.8 Å². The largest absolute Gasteiger partial charge is 0.497 e. The lowest BCUT2D eigenvalue weighted by Gasteiger charge is -2.35. The summed E-state index contributed by atoms with van der Waals surface area (Å²) in [4.78, 5) is 27.0. The number of rotatable bonds is 5. The molecule has 1 saturated carbocycles. The molecule has 2 fully saturated rings. The zero-order valence-corrected chi connectivity index (χ0v) is 22.3. The molecule has 3 aromatic rings. The highest BCUT2D eigenvalue weighted by Crippen LogP contribution is 2.61. The van der Waals surface area contributed by atoms with Crippen molar-refractivity contribution in [3.8, 4) is 5.75 Å². The predicted octanol–water partition coefficient (Wildman–Crippen LogP) is 4.26. The number of fused-ring (bicyclic) bond motifs is 4. The van der Waals surface area contributed by atoms with Crippen molar-refractivity contribution in [3.05, 3.63) is 64.8 Å². The van der Waals surface area contributed by atoms with Crippen LogP contribution in [0, 0.1) is 5.41 Å². The highest BCUT2D eigenvalue weighted by molar-refractivity contribution is 7.91. The van der Waals surface area contributed by atoms with E-state index in [4.69, 9.17) is 4.74 Å². The number of carbonyl (C=O) groups excluding carboxylic acids is 2. The molecule has 2 heterocycles. The molecule has 1 saturated heterocycles. The lowest BCUT2D eigenvalue weighted by atomic mass is 9.68. The summed E-state index contributed by atoms with van der Waals surface area (Å²) in [6.45, 7) is 4.63. The quantitative estimate of drug-likeness (QED) is 0.543. The third kappa shape index (κ3) is 4.06. The van der Waals surface area contributed by atoms with E-state index in [1.165, 1.54) is 0 Å². The first kappa shape index (κ1) is 24.2. The van der Waals surface area contributed by atoms with Crippen LogP contribution in [0.2, 0.25) is 0 Å². The zero-order chi connectivity index (χ0) is 26.2. The third-order valence-electron chi connectivity index (χ3n) is 8.39. The topological polar surface area (TPSA) is 94.5 Å². The van der Waals surface area contributed by atoms with E-state index in [0.717, 1.165) is 52.7 Å². The number of ether oxygens (including phenoxy) is 1. The molecule has 37 heavy (non-hydrogen) atoms. The minimum absolute atomic E-state index is 0.0126. The van der Waals surface area contributed by atoms with Crippen molar-refractivity contribution >= 4 is 32.4 Å². The van der Waals surface area contributed by atoms with Crippen LogP contribution < -0.4 is 10.1 Å². The van der Waals surface area contributed by atoms with Crippen molar-refractivity contribution in [2.24, 2.45) is 5.41 Å². The smallest absolute Gasteiger partial charge is 0.251 e. The Balaban J connectivity index is 1.45. The van der Waals surface area contributed by atoms with E-state index in [1.807, 2.05) is 50.2 Å². The zero-order valence-electron chi connectivity index (χ0n) is 21.5. The average molecular weight is 521 g/mol. The summed E-state index contributed by atoms with van der Waals surface area (Å²) < 4.78 is 31.1. The first-order valence-corrected chi connectivity index (χ1v) is 14.7. The monoisotopic (exact) mass is 520 g/mol. The van der Waals surface area contributed by atoms with Crippen molar-refractivity contribution in [2.75, 3.05) is 18.6 Å². The van der Waals surface area contributed by atoms with E-state index < -0.39 is 15.3 Å². The van der Waals surface area contributed by atoms with Gasteiger partial charge in [-0.3, -0.25) is 9.59 Å². The molecule has 1 aliphatic heterocycles. The van der Waals surface area contributed by atoms with Crippen molar-refractivity contribution < 1.29 is 22.7 Å². The lowest BCUT2D eigenvalue weighted by Crippen LogP contribution is -2.37. The van der Waals surface area contributed by atoms with Gasteiger partial charge in [0.15, 0.2) is 15.6 Å². The number of hydrogen-bond donors (Lipinski definition) is 1. The maximum Gasteiger partial charge on any atom is 0.251 e. The van der Waals surface area contributed by atoms with Gasteiger partial charge in [-0.2, -0.15) is 0 Å². The Morgan fingerprint density at radius 2 is 1.86 bits per heavy atom. The van der Waals surface area contributed by atoms with Crippen LogP contribution in [0.4, 0.5) is 0 Å². The predicted molar refractivity (Wildman–Crippen MR) is 142 cm³/mol. The third-order valence-corrected chi connectivity index (χ3v) is 10.2. The number of benzene rings is 2. The van der Waals surface area contributed by atoms with E-state index >= 15 is 0 Å². The lowest BCUT2D eigenvalue weighted by molar-refractivity contribution is 0.0776. The van der Waals surface area contributed by atoms with Gasteiger partial charge in [-0.15, -0.1) is 0 Å². The molecule has 2 aromatic carbocycles. The normalized spacial score (nSPS) is 22.7. The second-order valence-corrected chi connectivity index (χ2v) is 13.9. The Morgan fingerprint density at radius 1 is 1.14 bits per heavy atom. The summed E-state index contributed by atoms with van der Waals surface area (Å²) >= 11 is 0. The Hall–Kier alpha value is -3.13. The van der Waals surface area contributed by atoms with Crippen LogP contribution in [-0.4, -0.2) is 49.3 Å². The van der Waals surface area contributed by atoms with E-state index in [9.17, 15) is 18.0 Å². The highest BCUT2D eigenvalue weighted by Gasteiger charge is 2.57. The molecule has 1 spiro atoms. The summed E-state index contributed by atoms with van der Waals surface area (Å²) in [7, 11) is -1.45. The number of sulfone groups is 1. The van der Waals surface area contributed by atoms with Gasteiger partial charge in [0, 0.05) is 34.5 Å². The molecular formula is C29H32N2O5S. The van der Waals surface area contributed by atoms with Gasteiger partial charge in [-0.05, 0) is 72.6 Å². The fourth-order valence-electron chi connectivity index (χ4n) is 6.44. The molecule has 1 aromatic heterocycles. The standard InChI is InChI=1S/C29H32N2O5S/c1-28(2)17-29(11-12-29)24-22-14-19(27(33)30-20-10-13-37(34,35)16-20)6-9-23(22)31(25(24)26(28)32)15-18-4-7-21(36-3)8-5-18/h4-9,14,20H,10-13,15-17H2,1-3H3,(H,30,33). The van der Waals surface area contributed by atoms with E-state index in [-0.39, 0.29) is 34.7 Å². The Labute approximate surface area is 217 Å². The number of ketones is 1. The van der Waals surface area contributed by atoms with Crippen LogP contribution in [0.3, 0.4) is 0 Å². The second-order valence-electron chi connectivity index (χ2n) is 11.6. The van der Waals surface area contributed by atoms with E-state index in [1.54, 1.807) is 13.2 Å². The van der Waals surface area contributed by atoms with Crippen LogP contribution in [0.15, 0.2) is 42.5 Å². The molecule has 1 amide bonds. The van der Waals surface area contributed by atoms with Crippen LogP contribution in [0.1, 0.15) is 71.5 Å². The van der Waals surface area contributed by atoms with Gasteiger partial charge in [0.1, 0.15) is 5.75 Å². The fraction of sp³-hybridized carbons (Fsp3) is 0.448. The van der Waals surface area contributed by atoms with E-state index in [0.29, 0.717) is 18.5 Å². The van der Waals surface area contributed by atoms with Gasteiger partial charge in [-0.1, -0.05) is 26.0 Å². The molecule has 0 bridgehead atoms. The van der Waals surface area contributed by atoms with Crippen molar-refractivity contribution in [2.45, 2.75) is 57.5 Å². The summed E-state index contributed by atoms with van der Waals surface area (Å²) in [5.74, 6) is 0.753. The first-order chi connectivity index (χ1) is 17.5. The summed E-state index contributed by atoms with van der Waals surface area (Å²) in [5.41, 5.74) is 3.85. The van der Waals surface area contributed by atoms with Crippen molar-refractivity contribution in [1.29, 1.82) is 0 Å². The van der Waals surface area contributed by atoms with E-state index in [2.05, 4.69) is 9.88 Å². The molecule has 3 aliphatic rings. The van der Waals surface area contributed by atoms with Gasteiger partial charge in [-0.25, -0.2) is 8.42 Å². The number of amides is 1. The van der Waals surface area contributed by atoms with Gasteiger partial charge in [0.05, 0.1) is 24.3 Å². The molecule has 2 aliphatic carbocycles. The Kier molecular flexibility index (Phi) is 5.36. The number of carbonyl (C=O) groups is 2. The number of hydrogen-bond acceptors (Lipinski definition) is 5. The molecule has 8 heteroatoms. The van der Waals surface area contributed by atoms with Crippen LogP contribution >= 0.6 is 0 Å². The maximum atomic E-state index is 13.9. The second kappa shape index (κ2) is 8.18. The van der Waals surface area contributed by atoms with Gasteiger partial charge in [0.2, 0.25) is 0 Å². The minimum Gasteiger partial charge on any atom is -0.497 e. The van der Waals surface area contributed by atoms with Gasteiger partial charge < -0.3 is 14.6 Å². The molecule has 1 N–H and O–H groups in total. The van der Waals surface area contributed by atoms with Crippen molar-refractivity contribution in [1.82, 2.24) is 9.88 Å². The number of aromatic nitrogens is 1. The Morgan fingerprint density at radius 3 is 2.49 bits per heavy atom. The van der Waals surface area contributed by atoms with Crippen LogP contribution in [0.5, 0.6) is 5.75 Å². The molecule has 1 atom stereocenters. The first-order valence-electron chi connectivity index (χ1n) is 12.9. The summed E-state index contributed by atoms with van der Waals surface area (Å²) in [6, 6.07) is 13.1. The van der Waals surface area contributed by atoms with Gasteiger partial charge in [0.25, 0.3) is 5.91 Å². The summed E-state index contributed by atoms with van der Waals surface area (Å²) in [6.07, 6.45) is 3.32. The van der Waals surface area contributed by atoms with Crippen LogP contribution in [0.25, 0.3) is 10.9 Å². The molecule has 1 unspecified atom stereocenters. The minimum atomic E-state index is -3.09. The molecular weight excluding hydrogens is 488 g/mol. The summed E-state index contributed by atoms with van der Waals surface area (Å²) in [5, 5.41) is 3.86. The molecule has 6 rings (SSSR count). The number of nitrogens with zero attached hydrogens (tertiary/aromatic N) is 1.